The van der Waals surface area contributed by atoms with Crippen LogP contribution in [0.15, 0.2) is 24.3 Å². The maximum atomic E-state index is 12.8. The molecule has 0 unspecified atom stereocenters. The Hall–Kier alpha value is -2.58. The number of methoxy groups -OCH3 is 1. The molecule has 9 heteroatoms. The largest absolute Gasteiger partial charge is 0.496 e. The van der Waals surface area contributed by atoms with Gasteiger partial charge < -0.3 is 14.6 Å². The molecule has 1 atom stereocenters. The van der Waals surface area contributed by atoms with Gasteiger partial charge in [0.2, 0.25) is 5.91 Å². The second-order valence-electron chi connectivity index (χ2n) is 6.18. The van der Waals surface area contributed by atoms with Gasteiger partial charge in [-0.05, 0) is 12.5 Å². The maximum absolute atomic E-state index is 12.8. The molecule has 3 rings (SSSR count). The molecule has 1 amide bonds. The van der Waals surface area contributed by atoms with Crippen LogP contribution in [0.5, 0.6) is 5.75 Å². The first-order valence-corrected chi connectivity index (χ1v) is 8.24. The Bertz CT molecular complexity index is 789. The van der Waals surface area contributed by atoms with Crippen molar-refractivity contribution in [2.24, 2.45) is 5.92 Å². The number of alkyl halides is 3. The van der Waals surface area contributed by atoms with Crippen molar-refractivity contribution in [3.8, 4) is 5.75 Å². The average molecular weight is 368 g/mol. The fourth-order valence-corrected chi connectivity index (χ4v) is 3.06. The summed E-state index contributed by atoms with van der Waals surface area (Å²) in [5.74, 6) is -0.203. The standard InChI is InChI=1S/C17H19F3N4O2/c1-26-13-5-3-2-4-11(13)8-16(25)21-10-15-23-22-14-9-12(17(18,19)20)6-7-24(14)15/h2-5,12H,6-10H2,1H3,(H,21,25)/t12-/m1/s1. The highest BCUT2D eigenvalue weighted by molar-refractivity contribution is 5.79. The highest BCUT2D eigenvalue weighted by Crippen LogP contribution is 2.34. The van der Waals surface area contributed by atoms with Gasteiger partial charge in [0.1, 0.15) is 11.6 Å². The second-order valence-corrected chi connectivity index (χ2v) is 6.18. The lowest BCUT2D eigenvalue weighted by Gasteiger charge is -2.25. The molecule has 2 aromatic rings. The molecule has 2 heterocycles. The maximum Gasteiger partial charge on any atom is 0.392 e. The summed E-state index contributed by atoms with van der Waals surface area (Å²) in [6.07, 6.45) is -4.26. The lowest BCUT2D eigenvalue weighted by Crippen LogP contribution is -2.32. The van der Waals surface area contributed by atoms with E-state index in [9.17, 15) is 18.0 Å². The summed E-state index contributed by atoms with van der Waals surface area (Å²) in [5.41, 5.74) is 0.754. The molecule has 1 aromatic carbocycles. The van der Waals surface area contributed by atoms with Crippen LogP contribution in [-0.2, 0) is 30.7 Å². The van der Waals surface area contributed by atoms with Gasteiger partial charge in [-0.2, -0.15) is 13.2 Å². The van der Waals surface area contributed by atoms with E-state index in [1.165, 1.54) is 7.11 Å². The second kappa shape index (κ2) is 7.35. The Kier molecular flexibility index (Phi) is 5.15. The first-order valence-electron chi connectivity index (χ1n) is 8.24. The molecule has 0 fully saturated rings. The summed E-state index contributed by atoms with van der Waals surface area (Å²) in [4.78, 5) is 12.2. The smallest absolute Gasteiger partial charge is 0.392 e. The molecule has 1 aliphatic heterocycles. The number of hydrogen-bond donors (Lipinski definition) is 1. The van der Waals surface area contributed by atoms with Crippen LogP contribution in [0, 0.1) is 5.92 Å². The molecular formula is C17H19F3N4O2. The van der Waals surface area contributed by atoms with Crippen LogP contribution in [0.25, 0.3) is 0 Å². The Morgan fingerprint density at radius 1 is 1.35 bits per heavy atom. The minimum absolute atomic E-state index is 0.00327. The molecule has 1 aliphatic rings. The first kappa shape index (κ1) is 18.2. The Balaban J connectivity index is 1.59. The van der Waals surface area contributed by atoms with Gasteiger partial charge in [0.25, 0.3) is 0 Å². The molecule has 26 heavy (non-hydrogen) atoms. The van der Waals surface area contributed by atoms with Gasteiger partial charge in [-0.1, -0.05) is 18.2 Å². The number of aromatic nitrogens is 3. The quantitative estimate of drug-likeness (QED) is 0.879. The molecule has 0 saturated heterocycles. The van der Waals surface area contributed by atoms with Crippen molar-refractivity contribution in [3.63, 3.8) is 0 Å². The van der Waals surface area contributed by atoms with Crippen molar-refractivity contribution < 1.29 is 22.7 Å². The van der Waals surface area contributed by atoms with Gasteiger partial charge in [0, 0.05) is 18.5 Å². The van der Waals surface area contributed by atoms with Crippen molar-refractivity contribution in [1.29, 1.82) is 0 Å². The third kappa shape index (κ3) is 3.97. The van der Waals surface area contributed by atoms with E-state index in [2.05, 4.69) is 15.5 Å². The van der Waals surface area contributed by atoms with E-state index >= 15 is 0 Å². The van der Waals surface area contributed by atoms with Crippen molar-refractivity contribution in [1.82, 2.24) is 20.1 Å². The van der Waals surface area contributed by atoms with Crippen molar-refractivity contribution in [2.45, 2.75) is 38.5 Å². The summed E-state index contributed by atoms with van der Waals surface area (Å²) in [6, 6.07) is 7.21. The normalized spacial score (nSPS) is 16.8. The number of hydrogen-bond acceptors (Lipinski definition) is 4. The predicted octanol–water partition coefficient (Wildman–Crippen LogP) is 2.27. The lowest BCUT2D eigenvalue weighted by atomic mass is 9.97. The van der Waals surface area contributed by atoms with Gasteiger partial charge in [-0.3, -0.25) is 4.79 Å². The Morgan fingerprint density at radius 2 is 2.12 bits per heavy atom. The minimum atomic E-state index is -4.22. The van der Waals surface area contributed by atoms with Crippen LogP contribution in [0.3, 0.4) is 0 Å². The molecule has 0 radical (unpaired) electrons. The zero-order chi connectivity index (χ0) is 18.7. The number of nitrogens with one attached hydrogen (secondary N) is 1. The number of nitrogens with zero attached hydrogens (tertiary/aromatic N) is 3. The molecule has 0 spiro atoms. The number of rotatable bonds is 5. The monoisotopic (exact) mass is 368 g/mol. The number of benzene rings is 1. The molecule has 6 nitrogen and oxygen atoms in total. The van der Waals surface area contributed by atoms with Gasteiger partial charge in [-0.15, -0.1) is 10.2 Å². The van der Waals surface area contributed by atoms with Crippen LogP contribution < -0.4 is 10.1 Å². The number of para-hydroxylation sites is 1. The van der Waals surface area contributed by atoms with Crippen LogP contribution in [0.4, 0.5) is 13.2 Å². The SMILES string of the molecule is COc1ccccc1CC(=O)NCc1nnc2n1CC[C@@H](C(F)(F)F)C2. The number of fused-ring (bicyclic) bond motifs is 1. The van der Waals surface area contributed by atoms with Crippen LogP contribution in [-0.4, -0.2) is 34.0 Å². The summed E-state index contributed by atoms with van der Waals surface area (Å²) in [7, 11) is 1.54. The van der Waals surface area contributed by atoms with Crippen molar-refractivity contribution in [3.05, 3.63) is 41.5 Å². The number of amides is 1. The lowest BCUT2D eigenvalue weighted by molar-refractivity contribution is -0.179. The number of ether oxygens (including phenoxy) is 1. The molecule has 140 valence electrons. The third-order valence-electron chi connectivity index (χ3n) is 4.48. The highest BCUT2D eigenvalue weighted by atomic mass is 19.4. The van der Waals surface area contributed by atoms with Gasteiger partial charge in [-0.25, -0.2) is 0 Å². The molecular weight excluding hydrogens is 349 g/mol. The topological polar surface area (TPSA) is 69.0 Å². The number of halogens is 3. The highest BCUT2D eigenvalue weighted by Gasteiger charge is 2.42. The summed E-state index contributed by atoms with van der Waals surface area (Å²) >= 11 is 0. The van der Waals surface area contributed by atoms with Crippen LogP contribution in [0.2, 0.25) is 0 Å². The van der Waals surface area contributed by atoms with E-state index in [4.69, 9.17) is 4.74 Å². The zero-order valence-corrected chi connectivity index (χ0v) is 14.2. The third-order valence-corrected chi connectivity index (χ3v) is 4.48. The number of carbonyl (C=O) groups excluding carboxylic acids is 1. The van der Waals surface area contributed by atoms with E-state index in [1.807, 2.05) is 12.1 Å². The van der Waals surface area contributed by atoms with Gasteiger partial charge in [0.05, 0.1) is 26.0 Å². The zero-order valence-electron chi connectivity index (χ0n) is 14.2. The first-order chi connectivity index (χ1) is 12.4. The fourth-order valence-electron chi connectivity index (χ4n) is 3.06. The van der Waals surface area contributed by atoms with Crippen molar-refractivity contribution in [2.75, 3.05) is 7.11 Å². The summed E-state index contributed by atoms with van der Waals surface area (Å²) < 4.78 is 45.4. The van der Waals surface area contributed by atoms with E-state index in [0.29, 0.717) is 17.4 Å². The summed E-state index contributed by atoms with van der Waals surface area (Å²) in [5, 5.41) is 10.5. The Morgan fingerprint density at radius 3 is 2.85 bits per heavy atom. The van der Waals surface area contributed by atoms with Crippen molar-refractivity contribution >= 4 is 5.91 Å². The summed E-state index contributed by atoms with van der Waals surface area (Å²) in [6.45, 7) is 0.321. The molecule has 0 bridgehead atoms. The fraction of sp³-hybridized carbons (Fsp3) is 0.471. The molecule has 1 N–H and O–H groups in total. The van der Waals surface area contributed by atoms with E-state index in [1.54, 1.807) is 16.7 Å². The number of carbonyl (C=O) groups is 1. The Labute approximate surface area is 148 Å². The van der Waals surface area contributed by atoms with Gasteiger partial charge in [0.15, 0.2) is 5.82 Å². The van der Waals surface area contributed by atoms with Gasteiger partial charge >= 0.3 is 6.18 Å². The molecule has 0 saturated carbocycles. The average Bonchev–Trinajstić information content (AvgIpc) is 3.02. The predicted molar refractivity (Wildman–Crippen MR) is 86.4 cm³/mol. The molecule has 1 aromatic heterocycles. The van der Waals surface area contributed by atoms with E-state index in [-0.39, 0.29) is 38.3 Å². The molecule has 0 aliphatic carbocycles. The van der Waals surface area contributed by atoms with Crippen LogP contribution in [0.1, 0.15) is 23.6 Å². The van der Waals surface area contributed by atoms with Crippen LogP contribution >= 0.6 is 0 Å². The van der Waals surface area contributed by atoms with E-state index in [0.717, 1.165) is 5.56 Å². The van der Waals surface area contributed by atoms with E-state index < -0.39 is 12.1 Å². The minimum Gasteiger partial charge on any atom is -0.496 e.